The molecule has 1 aliphatic rings. The number of thioether (sulfide) groups is 1. The van der Waals surface area contributed by atoms with Gasteiger partial charge in [-0.25, -0.2) is 0 Å². The van der Waals surface area contributed by atoms with E-state index in [0.29, 0.717) is 5.25 Å². The minimum absolute atomic E-state index is 0.173. The molecule has 1 fully saturated rings. The number of amides is 1. The molecule has 1 heterocycles. The molecule has 1 atom stereocenters. The number of carbonyl (C=O) groups is 1. The van der Waals surface area contributed by atoms with Crippen molar-refractivity contribution in [1.29, 1.82) is 0 Å². The zero-order valence-corrected chi connectivity index (χ0v) is 9.67. The van der Waals surface area contributed by atoms with Gasteiger partial charge in [0, 0.05) is 23.9 Å². The summed E-state index contributed by atoms with van der Waals surface area (Å²) in [5.41, 5.74) is 0.805. The maximum atomic E-state index is 12.0. The molecule has 0 radical (unpaired) electrons. The Morgan fingerprint density at radius 1 is 1.40 bits per heavy atom. The number of likely N-dealkylation sites (tertiary alicyclic amines) is 1. The molecular weight excluding hydrogens is 206 g/mol. The maximum absolute atomic E-state index is 12.0. The van der Waals surface area contributed by atoms with Gasteiger partial charge in [-0.1, -0.05) is 18.2 Å². The van der Waals surface area contributed by atoms with Crippen LogP contribution in [0.5, 0.6) is 0 Å². The lowest BCUT2D eigenvalue weighted by molar-refractivity contribution is 0.0793. The van der Waals surface area contributed by atoms with E-state index < -0.39 is 0 Å². The lowest BCUT2D eigenvalue weighted by atomic mass is 10.2. The fourth-order valence-corrected chi connectivity index (χ4v) is 2.54. The van der Waals surface area contributed by atoms with Crippen molar-refractivity contribution in [2.45, 2.75) is 11.7 Å². The van der Waals surface area contributed by atoms with Crippen molar-refractivity contribution < 1.29 is 4.79 Å². The SMILES string of the molecule is CSC1CCN(C(=O)c2ccccc2)C1. The lowest BCUT2D eigenvalue weighted by Gasteiger charge is -2.15. The van der Waals surface area contributed by atoms with Crippen molar-refractivity contribution in [2.24, 2.45) is 0 Å². The van der Waals surface area contributed by atoms with Crippen molar-refractivity contribution in [1.82, 2.24) is 4.90 Å². The molecule has 0 bridgehead atoms. The number of nitrogens with zero attached hydrogens (tertiary/aromatic N) is 1. The normalized spacial score (nSPS) is 20.6. The summed E-state index contributed by atoms with van der Waals surface area (Å²) < 4.78 is 0. The van der Waals surface area contributed by atoms with Crippen molar-refractivity contribution in [3.8, 4) is 0 Å². The van der Waals surface area contributed by atoms with E-state index in [2.05, 4.69) is 6.26 Å². The van der Waals surface area contributed by atoms with Crippen LogP contribution in [0, 0.1) is 0 Å². The van der Waals surface area contributed by atoms with E-state index in [0.717, 1.165) is 25.1 Å². The third-order valence-electron chi connectivity index (χ3n) is 2.79. The van der Waals surface area contributed by atoms with Crippen LogP contribution in [0.15, 0.2) is 30.3 Å². The number of hydrogen-bond donors (Lipinski definition) is 0. The Morgan fingerprint density at radius 3 is 2.73 bits per heavy atom. The molecule has 1 unspecified atom stereocenters. The van der Waals surface area contributed by atoms with E-state index in [9.17, 15) is 4.79 Å². The first-order valence-electron chi connectivity index (χ1n) is 5.18. The highest BCUT2D eigenvalue weighted by atomic mass is 32.2. The second kappa shape index (κ2) is 4.71. The highest BCUT2D eigenvalue weighted by Gasteiger charge is 2.25. The van der Waals surface area contributed by atoms with Crippen LogP contribution in [0.25, 0.3) is 0 Å². The fourth-order valence-electron chi connectivity index (χ4n) is 1.87. The van der Waals surface area contributed by atoms with Crippen LogP contribution in [0.4, 0.5) is 0 Å². The molecule has 0 saturated carbocycles. The van der Waals surface area contributed by atoms with Crippen molar-refractivity contribution in [2.75, 3.05) is 19.3 Å². The van der Waals surface area contributed by atoms with Crippen LogP contribution >= 0.6 is 11.8 Å². The number of carbonyl (C=O) groups excluding carboxylic acids is 1. The van der Waals surface area contributed by atoms with Gasteiger partial charge in [-0.3, -0.25) is 4.79 Å². The Morgan fingerprint density at radius 2 is 2.13 bits per heavy atom. The minimum Gasteiger partial charge on any atom is -0.337 e. The summed E-state index contributed by atoms with van der Waals surface area (Å²) in [6, 6.07) is 9.53. The Labute approximate surface area is 94.7 Å². The summed E-state index contributed by atoms with van der Waals surface area (Å²) >= 11 is 1.85. The first-order chi connectivity index (χ1) is 7.31. The number of hydrogen-bond acceptors (Lipinski definition) is 2. The van der Waals surface area contributed by atoms with Crippen LogP contribution in [0.2, 0.25) is 0 Å². The Balaban J connectivity index is 2.04. The van der Waals surface area contributed by atoms with Crippen molar-refractivity contribution in [3.05, 3.63) is 35.9 Å². The summed E-state index contributed by atoms with van der Waals surface area (Å²) in [6.45, 7) is 1.80. The Kier molecular flexibility index (Phi) is 3.31. The predicted molar refractivity (Wildman–Crippen MR) is 64.3 cm³/mol. The molecule has 80 valence electrons. The third kappa shape index (κ3) is 2.34. The quantitative estimate of drug-likeness (QED) is 0.763. The topological polar surface area (TPSA) is 20.3 Å². The highest BCUT2D eigenvalue weighted by molar-refractivity contribution is 7.99. The Hall–Kier alpha value is -0.960. The monoisotopic (exact) mass is 221 g/mol. The van der Waals surface area contributed by atoms with Crippen LogP contribution in [-0.4, -0.2) is 35.4 Å². The number of rotatable bonds is 2. The van der Waals surface area contributed by atoms with Gasteiger partial charge in [0.25, 0.3) is 5.91 Å². The van der Waals surface area contributed by atoms with E-state index >= 15 is 0 Å². The molecule has 1 aliphatic heterocycles. The molecule has 0 aromatic heterocycles. The fraction of sp³-hybridized carbons (Fsp3) is 0.417. The van der Waals surface area contributed by atoms with Crippen LogP contribution < -0.4 is 0 Å². The lowest BCUT2D eigenvalue weighted by Crippen LogP contribution is -2.28. The number of benzene rings is 1. The Bertz CT molecular complexity index is 339. The maximum Gasteiger partial charge on any atom is 0.253 e. The molecule has 1 amide bonds. The van der Waals surface area contributed by atoms with E-state index in [-0.39, 0.29) is 5.91 Å². The largest absolute Gasteiger partial charge is 0.337 e. The van der Waals surface area contributed by atoms with Gasteiger partial charge in [0.1, 0.15) is 0 Å². The molecule has 0 aliphatic carbocycles. The molecule has 15 heavy (non-hydrogen) atoms. The van der Waals surface area contributed by atoms with Crippen molar-refractivity contribution in [3.63, 3.8) is 0 Å². The molecular formula is C12H15NOS. The molecule has 1 saturated heterocycles. The molecule has 1 aromatic carbocycles. The average Bonchev–Trinajstić information content (AvgIpc) is 2.78. The minimum atomic E-state index is 0.173. The van der Waals surface area contributed by atoms with E-state index in [1.165, 1.54) is 0 Å². The first kappa shape index (κ1) is 10.6. The zero-order valence-electron chi connectivity index (χ0n) is 8.85. The summed E-state index contributed by atoms with van der Waals surface area (Å²) in [5.74, 6) is 0.173. The van der Waals surface area contributed by atoms with E-state index in [4.69, 9.17) is 0 Å². The second-order valence-electron chi connectivity index (χ2n) is 3.76. The van der Waals surface area contributed by atoms with Crippen LogP contribution in [0.1, 0.15) is 16.8 Å². The smallest absolute Gasteiger partial charge is 0.253 e. The van der Waals surface area contributed by atoms with E-state index in [1.807, 2.05) is 47.0 Å². The predicted octanol–water partition coefficient (Wildman–Crippen LogP) is 2.26. The summed E-state index contributed by atoms with van der Waals surface area (Å²) in [5, 5.41) is 0.623. The van der Waals surface area contributed by atoms with Gasteiger partial charge in [-0.15, -0.1) is 0 Å². The average molecular weight is 221 g/mol. The van der Waals surface area contributed by atoms with E-state index in [1.54, 1.807) is 0 Å². The first-order valence-corrected chi connectivity index (χ1v) is 6.47. The van der Waals surface area contributed by atoms with Gasteiger partial charge in [0.15, 0.2) is 0 Å². The van der Waals surface area contributed by atoms with Gasteiger partial charge in [-0.2, -0.15) is 11.8 Å². The van der Waals surface area contributed by atoms with Gasteiger partial charge < -0.3 is 4.90 Å². The molecule has 0 N–H and O–H groups in total. The molecule has 0 spiro atoms. The summed E-state index contributed by atoms with van der Waals surface area (Å²) in [7, 11) is 0. The van der Waals surface area contributed by atoms with Gasteiger partial charge in [0.2, 0.25) is 0 Å². The van der Waals surface area contributed by atoms with Gasteiger partial charge >= 0.3 is 0 Å². The molecule has 3 heteroatoms. The molecule has 2 nitrogen and oxygen atoms in total. The molecule has 2 rings (SSSR count). The highest BCUT2D eigenvalue weighted by Crippen LogP contribution is 2.21. The van der Waals surface area contributed by atoms with Gasteiger partial charge in [0.05, 0.1) is 0 Å². The zero-order chi connectivity index (χ0) is 10.7. The standard InChI is InChI=1S/C12H15NOS/c1-15-11-7-8-13(9-11)12(14)10-5-3-2-4-6-10/h2-6,11H,7-9H2,1H3. The van der Waals surface area contributed by atoms with Crippen LogP contribution in [-0.2, 0) is 0 Å². The van der Waals surface area contributed by atoms with Gasteiger partial charge in [-0.05, 0) is 24.8 Å². The van der Waals surface area contributed by atoms with Crippen molar-refractivity contribution >= 4 is 17.7 Å². The van der Waals surface area contributed by atoms with Crippen LogP contribution in [0.3, 0.4) is 0 Å². The summed E-state index contributed by atoms with van der Waals surface area (Å²) in [6.07, 6.45) is 3.24. The molecule has 1 aromatic rings. The third-order valence-corrected chi connectivity index (χ3v) is 3.84. The second-order valence-corrected chi connectivity index (χ2v) is 4.90. The summed E-state index contributed by atoms with van der Waals surface area (Å²) in [4.78, 5) is 14.0.